The van der Waals surface area contributed by atoms with Crippen molar-refractivity contribution in [2.45, 2.75) is 13.3 Å². The highest BCUT2D eigenvalue weighted by molar-refractivity contribution is 5.84. The number of nitrogens with one attached hydrogen (secondary N) is 2. The van der Waals surface area contributed by atoms with Crippen LogP contribution in [0.3, 0.4) is 0 Å². The minimum Gasteiger partial charge on any atom is -0.497 e. The molecule has 0 fully saturated rings. The molecular weight excluding hydrogens is 232 g/mol. The zero-order valence-electron chi connectivity index (χ0n) is 10.5. The monoisotopic (exact) mass is 250 g/mol. The number of carbonyl (C=O) groups is 1. The SMILES string of the molecule is COc1ccc2[nH]cc(CCNC(C)=O)c2c1.O. The van der Waals surface area contributed by atoms with Gasteiger partial charge in [-0.25, -0.2) is 0 Å². The molecule has 0 atom stereocenters. The van der Waals surface area contributed by atoms with Gasteiger partial charge in [-0.05, 0) is 30.2 Å². The predicted octanol–water partition coefficient (Wildman–Crippen LogP) is 1.03. The summed E-state index contributed by atoms with van der Waals surface area (Å²) in [5.41, 5.74) is 2.27. The number of methoxy groups -OCH3 is 1. The Balaban J connectivity index is 0.00000162. The zero-order chi connectivity index (χ0) is 12.3. The summed E-state index contributed by atoms with van der Waals surface area (Å²) in [6.07, 6.45) is 2.79. The van der Waals surface area contributed by atoms with Crippen molar-refractivity contribution >= 4 is 16.8 Å². The molecule has 98 valence electrons. The maximum absolute atomic E-state index is 10.8. The van der Waals surface area contributed by atoms with Gasteiger partial charge >= 0.3 is 0 Å². The standard InChI is InChI=1S/C13H16N2O2.H2O/c1-9(16)14-6-5-10-8-15-13-4-3-11(17-2)7-12(10)13;/h3-4,7-8,15H,5-6H2,1-2H3,(H,14,16);1H2. The second-order valence-electron chi connectivity index (χ2n) is 3.96. The first-order chi connectivity index (χ1) is 8.20. The van der Waals surface area contributed by atoms with Crippen molar-refractivity contribution in [2.75, 3.05) is 13.7 Å². The Hall–Kier alpha value is -2.01. The second kappa shape index (κ2) is 6.07. The van der Waals surface area contributed by atoms with Gasteiger partial charge in [0.05, 0.1) is 7.11 Å². The van der Waals surface area contributed by atoms with E-state index in [1.807, 2.05) is 24.4 Å². The van der Waals surface area contributed by atoms with Crippen molar-refractivity contribution in [1.82, 2.24) is 10.3 Å². The largest absolute Gasteiger partial charge is 0.497 e. The van der Waals surface area contributed by atoms with E-state index in [-0.39, 0.29) is 11.4 Å². The van der Waals surface area contributed by atoms with Crippen molar-refractivity contribution in [2.24, 2.45) is 0 Å². The summed E-state index contributed by atoms with van der Waals surface area (Å²) in [5.74, 6) is 0.847. The topological polar surface area (TPSA) is 85.6 Å². The number of aromatic amines is 1. The first-order valence-corrected chi connectivity index (χ1v) is 5.59. The maximum Gasteiger partial charge on any atom is 0.216 e. The summed E-state index contributed by atoms with van der Waals surface area (Å²) in [7, 11) is 1.66. The number of ether oxygens (including phenoxy) is 1. The van der Waals surface area contributed by atoms with Crippen molar-refractivity contribution < 1.29 is 15.0 Å². The lowest BCUT2D eigenvalue weighted by molar-refractivity contribution is -0.118. The minimum atomic E-state index is 0. The molecule has 1 aromatic heterocycles. The van der Waals surface area contributed by atoms with Gasteiger partial charge in [-0.2, -0.15) is 0 Å². The quantitative estimate of drug-likeness (QED) is 0.849. The third-order valence-corrected chi connectivity index (χ3v) is 2.74. The van der Waals surface area contributed by atoms with E-state index in [1.165, 1.54) is 12.5 Å². The molecule has 2 aromatic rings. The molecule has 5 nitrogen and oxygen atoms in total. The van der Waals surface area contributed by atoms with Crippen molar-refractivity contribution in [3.05, 3.63) is 30.0 Å². The molecule has 2 rings (SSSR count). The molecule has 0 saturated carbocycles. The fourth-order valence-electron chi connectivity index (χ4n) is 1.86. The van der Waals surface area contributed by atoms with E-state index in [4.69, 9.17) is 4.74 Å². The lowest BCUT2D eigenvalue weighted by atomic mass is 10.1. The van der Waals surface area contributed by atoms with Crippen LogP contribution < -0.4 is 10.1 Å². The highest BCUT2D eigenvalue weighted by Crippen LogP contribution is 2.23. The number of fused-ring (bicyclic) bond motifs is 1. The van der Waals surface area contributed by atoms with Gasteiger partial charge in [0.15, 0.2) is 0 Å². The lowest BCUT2D eigenvalue weighted by Crippen LogP contribution is -2.22. The van der Waals surface area contributed by atoms with E-state index in [1.54, 1.807) is 7.11 Å². The molecule has 0 aliphatic rings. The Bertz CT molecular complexity index is 534. The average Bonchev–Trinajstić information content (AvgIpc) is 2.71. The van der Waals surface area contributed by atoms with E-state index >= 15 is 0 Å². The highest BCUT2D eigenvalue weighted by atomic mass is 16.5. The normalized spacial score (nSPS) is 9.89. The number of amides is 1. The summed E-state index contributed by atoms with van der Waals surface area (Å²) >= 11 is 0. The number of hydrogen-bond acceptors (Lipinski definition) is 2. The molecule has 1 amide bonds. The Morgan fingerprint density at radius 3 is 2.89 bits per heavy atom. The third-order valence-electron chi connectivity index (χ3n) is 2.74. The summed E-state index contributed by atoms with van der Waals surface area (Å²) < 4.78 is 5.21. The number of benzene rings is 1. The van der Waals surface area contributed by atoms with Crippen molar-refractivity contribution in [1.29, 1.82) is 0 Å². The van der Waals surface area contributed by atoms with Gasteiger partial charge in [-0.1, -0.05) is 0 Å². The van der Waals surface area contributed by atoms with Crippen molar-refractivity contribution in [3.63, 3.8) is 0 Å². The summed E-state index contributed by atoms with van der Waals surface area (Å²) in [6.45, 7) is 2.18. The van der Waals surface area contributed by atoms with E-state index in [0.717, 1.165) is 23.1 Å². The molecule has 0 radical (unpaired) electrons. The smallest absolute Gasteiger partial charge is 0.216 e. The van der Waals surface area contributed by atoms with Gasteiger partial charge in [0.25, 0.3) is 0 Å². The van der Waals surface area contributed by atoms with Crippen LogP contribution in [0.2, 0.25) is 0 Å². The van der Waals surface area contributed by atoms with Crippen molar-refractivity contribution in [3.8, 4) is 5.75 Å². The van der Waals surface area contributed by atoms with E-state index in [2.05, 4.69) is 10.3 Å². The van der Waals surface area contributed by atoms with Crippen LogP contribution in [0.4, 0.5) is 0 Å². The fraction of sp³-hybridized carbons (Fsp3) is 0.308. The molecule has 0 aliphatic carbocycles. The molecular formula is C13H18N2O3. The van der Waals surface area contributed by atoms with Crippen LogP contribution in [0, 0.1) is 0 Å². The Labute approximate surface area is 105 Å². The second-order valence-corrected chi connectivity index (χ2v) is 3.96. The molecule has 5 heteroatoms. The maximum atomic E-state index is 10.8. The van der Waals surface area contributed by atoms with E-state index in [9.17, 15) is 4.79 Å². The van der Waals surface area contributed by atoms with Gasteiger partial charge in [-0.3, -0.25) is 4.79 Å². The Morgan fingerprint density at radius 2 is 2.22 bits per heavy atom. The average molecular weight is 250 g/mol. The lowest BCUT2D eigenvalue weighted by Gasteiger charge is -2.03. The summed E-state index contributed by atoms with van der Waals surface area (Å²) in [4.78, 5) is 14.0. The number of carbonyl (C=O) groups excluding carboxylic acids is 1. The number of H-pyrrole nitrogens is 1. The summed E-state index contributed by atoms with van der Waals surface area (Å²) in [6, 6.07) is 5.93. The number of hydrogen-bond donors (Lipinski definition) is 2. The Kier molecular flexibility index (Phi) is 4.74. The van der Waals surface area contributed by atoms with Crippen LogP contribution in [0.25, 0.3) is 10.9 Å². The van der Waals surface area contributed by atoms with Gasteiger partial charge in [-0.15, -0.1) is 0 Å². The van der Waals surface area contributed by atoms with Crippen LogP contribution in [-0.2, 0) is 11.2 Å². The zero-order valence-corrected chi connectivity index (χ0v) is 10.5. The first kappa shape index (κ1) is 14.1. The molecule has 0 saturated heterocycles. The first-order valence-electron chi connectivity index (χ1n) is 5.59. The number of aromatic nitrogens is 1. The molecule has 0 aliphatic heterocycles. The predicted molar refractivity (Wildman–Crippen MR) is 70.9 cm³/mol. The van der Waals surface area contributed by atoms with Crippen LogP contribution in [-0.4, -0.2) is 30.0 Å². The third kappa shape index (κ3) is 3.01. The molecule has 4 N–H and O–H groups in total. The van der Waals surface area contributed by atoms with Crippen LogP contribution in [0.15, 0.2) is 24.4 Å². The van der Waals surface area contributed by atoms with Gasteiger partial charge in [0.1, 0.15) is 5.75 Å². The fourth-order valence-corrected chi connectivity index (χ4v) is 1.86. The van der Waals surface area contributed by atoms with Gasteiger partial charge in [0.2, 0.25) is 5.91 Å². The summed E-state index contributed by atoms with van der Waals surface area (Å²) in [5, 5.41) is 3.94. The molecule has 0 spiro atoms. The van der Waals surface area contributed by atoms with Crippen LogP contribution >= 0.6 is 0 Å². The molecule has 18 heavy (non-hydrogen) atoms. The van der Waals surface area contributed by atoms with E-state index < -0.39 is 0 Å². The van der Waals surface area contributed by atoms with Crippen LogP contribution in [0.5, 0.6) is 5.75 Å². The van der Waals surface area contributed by atoms with Gasteiger partial charge < -0.3 is 20.5 Å². The molecule has 0 bridgehead atoms. The highest BCUT2D eigenvalue weighted by Gasteiger charge is 2.05. The van der Waals surface area contributed by atoms with Gasteiger partial charge in [0, 0.05) is 30.6 Å². The molecule has 1 heterocycles. The number of rotatable bonds is 4. The van der Waals surface area contributed by atoms with E-state index in [0.29, 0.717) is 6.54 Å². The van der Waals surface area contributed by atoms with Crippen LogP contribution in [0.1, 0.15) is 12.5 Å². The molecule has 0 unspecified atom stereocenters. The Morgan fingerprint density at radius 1 is 1.44 bits per heavy atom. The molecule has 1 aromatic carbocycles. The minimum absolute atomic E-state index is 0.